The number of carbonyl (C=O) groups excluding carboxylic acids is 1. The number of aliphatic hydroxyl groups excluding tert-OH is 1. The lowest BCUT2D eigenvalue weighted by Gasteiger charge is -2.34. The number of amides is 1. The second-order valence-electron chi connectivity index (χ2n) is 8.37. The smallest absolute Gasteiger partial charge is 0.268 e. The molecule has 4 atom stereocenters. The van der Waals surface area contributed by atoms with Crippen LogP contribution in [0.1, 0.15) is 32.8 Å². The number of hydrogen-bond acceptors (Lipinski definition) is 4. The van der Waals surface area contributed by atoms with Gasteiger partial charge in [-0.1, -0.05) is 43.3 Å². The van der Waals surface area contributed by atoms with E-state index in [1.807, 2.05) is 61.5 Å². The zero-order valence-corrected chi connectivity index (χ0v) is 16.5. The van der Waals surface area contributed by atoms with Gasteiger partial charge in [0.25, 0.3) is 5.91 Å². The molecule has 1 fully saturated rings. The largest absolute Gasteiger partial charge is 0.396 e. The van der Waals surface area contributed by atoms with Gasteiger partial charge in [0, 0.05) is 29.7 Å². The summed E-state index contributed by atoms with van der Waals surface area (Å²) in [5.41, 5.74) is 0.212. The summed E-state index contributed by atoms with van der Waals surface area (Å²) in [7, 11) is 0. The molecular weight excluding hydrogens is 354 g/mol. The number of benzene rings is 2. The van der Waals surface area contributed by atoms with Crippen LogP contribution in [0.3, 0.4) is 0 Å². The van der Waals surface area contributed by atoms with Gasteiger partial charge >= 0.3 is 0 Å². The molecule has 1 spiro atoms. The highest BCUT2D eigenvalue weighted by atomic mass is 16.5. The number of ether oxygens (including phenoxy) is 1. The Kier molecular flexibility index (Phi) is 4.57. The maximum atomic E-state index is 13.9. The molecule has 0 saturated carbocycles. The molecule has 1 amide bonds. The van der Waals surface area contributed by atoms with Crippen LogP contribution in [0.15, 0.2) is 54.6 Å². The van der Waals surface area contributed by atoms with Crippen LogP contribution in [0, 0.1) is 11.8 Å². The van der Waals surface area contributed by atoms with Crippen LogP contribution in [-0.4, -0.2) is 34.4 Å². The molecule has 28 heavy (non-hydrogen) atoms. The zero-order valence-electron chi connectivity index (χ0n) is 16.5. The van der Waals surface area contributed by atoms with E-state index in [-0.39, 0.29) is 24.3 Å². The predicted octanol–water partition coefficient (Wildman–Crippen LogP) is 3.36. The summed E-state index contributed by atoms with van der Waals surface area (Å²) in [6.45, 7) is 5.42. The lowest BCUT2D eigenvalue weighted by Crippen LogP contribution is -2.45. The van der Waals surface area contributed by atoms with Gasteiger partial charge in [-0.15, -0.1) is 0 Å². The van der Waals surface area contributed by atoms with E-state index in [1.165, 1.54) is 0 Å². The van der Waals surface area contributed by atoms with Crippen LogP contribution < -0.4 is 4.90 Å². The van der Waals surface area contributed by atoms with Crippen LogP contribution >= 0.6 is 0 Å². The third kappa shape index (κ3) is 2.61. The van der Waals surface area contributed by atoms with Crippen molar-refractivity contribution in [3.63, 3.8) is 0 Å². The van der Waals surface area contributed by atoms with E-state index in [2.05, 4.69) is 0 Å². The van der Waals surface area contributed by atoms with Crippen molar-refractivity contribution in [3.05, 3.63) is 60.2 Å². The highest BCUT2D eigenvalue weighted by Crippen LogP contribution is 2.58. The Balaban J connectivity index is 1.89. The molecule has 148 valence electrons. The van der Waals surface area contributed by atoms with Crippen LogP contribution in [-0.2, 0) is 15.1 Å². The van der Waals surface area contributed by atoms with Crippen LogP contribution in [0.4, 0.5) is 11.4 Å². The summed E-state index contributed by atoms with van der Waals surface area (Å²) in [5, 5.41) is 20.4. The number of aliphatic hydroxyl groups is 2. The summed E-state index contributed by atoms with van der Waals surface area (Å²) >= 11 is 0. The number of fused-ring (bicyclic) bond motifs is 2. The number of hydrogen-bond donors (Lipinski definition) is 2. The van der Waals surface area contributed by atoms with Gasteiger partial charge in [0.1, 0.15) is 0 Å². The van der Waals surface area contributed by atoms with Gasteiger partial charge < -0.3 is 14.9 Å². The van der Waals surface area contributed by atoms with E-state index in [0.29, 0.717) is 6.42 Å². The van der Waals surface area contributed by atoms with Crippen molar-refractivity contribution in [1.29, 1.82) is 0 Å². The van der Waals surface area contributed by atoms with Gasteiger partial charge in [-0.25, -0.2) is 0 Å². The van der Waals surface area contributed by atoms with Gasteiger partial charge in [0.2, 0.25) is 0 Å². The number of carbonyl (C=O) groups is 1. The van der Waals surface area contributed by atoms with Crippen molar-refractivity contribution < 1.29 is 19.7 Å². The Labute approximate surface area is 165 Å². The minimum atomic E-state index is -1.17. The van der Waals surface area contributed by atoms with Crippen LogP contribution in [0.2, 0.25) is 0 Å². The summed E-state index contributed by atoms with van der Waals surface area (Å²) in [6.07, 6.45) is -0.0330. The van der Waals surface area contributed by atoms with Gasteiger partial charge in [-0.05, 0) is 38.5 Å². The van der Waals surface area contributed by atoms with Gasteiger partial charge in [0.05, 0.1) is 17.4 Å². The molecule has 2 aliphatic heterocycles. The third-order valence-corrected chi connectivity index (χ3v) is 6.23. The van der Waals surface area contributed by atoms with Crippen LogP contribution in [0.25, 0.3) is 0 Å². The van der Waals surface area contributed by atoms with Crippen LogP contribution in [0.5, 0.6) is 0 Å². The number of anilines is 2. The lowest BCUT2D eigenvalue weighted by molar-refractivity contribution is -0.145. The van der Waals surface area contributed by atoms with Crippen molar-refractivity contribution >= 4 is 17.3 Å². The molecule has 0 bridgehead atoms. The minimum Gasteiger partial charge on any atom is -0.396 e. The quantitative estimate of drug-likeness (QED) is 0.852. The van der Waals surface area contributed by atoms with Crippen molar-refractivity contribution in [1.82, 2.24) is 0 Å². The first-order valence-corrected chi connectivity index (χ1v) is 9.82. The molecule has 0 radical (unpaired) electrons. The fourth-order valence-corrected chi connectivity index (χ4v) is 5.19. The van der Waals surface area contributed by atoms with E-state index < -0.39 is 17.3 Å². The number of rotatable bonds is 4. The molecule has 4 rings (SSSR count). The Morgan fingerprint density at radius 3 is 2.39 bits per heavy atom. The Bertz CT molecular complexity index is 876. The highest BCUT2D eigenvalue weighted by molar-refractivity contribution is 6.12. The van der Waals surface area contributed by atoms with Gasteiger partial charge in [-0.2, -0.15) is 0 Å². The van der Waals surface area contributed by atoms with E-state index in [1.54, 1.807) is 18.7 Å². The Hall–Kier alpha value is -2.21. The molecule has 5 heteroatoms. The lowest BCUT2D eigenvalue weighted by atomic mass is 9.71. The molecular formula is C23H27NO4. The van der Waals surface area contributed by atoms with E-state index >= 15 is 0 Å². The standard InChI is InChI=1S/C23H27NO4/c1-15-20(22(2,3)27)19(13-14-25)28-23(15)17-11-7-8-12-18(17)24(21(23)26)16-9-5-4-6-10-16/h4-12,15,19-20,25,27H,13-14H2,1-3H3/t15-,19+,20-,23+/m0/s1. The highest BCUT2D eigenvalue weighted by Gasteiger charge is 2.65. The average Bonchev–Trinajstić information content (AvgIpc) is 3.09. The topological polar surface area (TPSA) is 70.0 Å². The maximum Gasteiger partial charge on any atom is 0.268 e. The summed E-state index contributed by atoms with van der Waals surface area (Å²) in [6, 6.07) is 17.3. The third-order valence-electron chi connectivity index (χ3n) is 6.23. The molecule has 0 aromatic heterocycles. The summed E-state index contributed by atoms with van der Waals surface area (Å²) in [5.74, 6) is -0.680. The second kappa shape index (κ2) is 6.69. The predicted molar refractivity (Wildman–Crippen MR) is 107 cm³/mol. The normalized spacial score (nSPS) is 29.5. The molecule has 5 nitrogen and oxygen atoms in total. The first-order chi connectivity index (χ1) is 13.3. The van der Waals surface area contributed by atoms with E-state index in [0.717, 1.165) is 16.9 Å². The Morgan fingerprint density at radius 2 is 1.75 bits per heavy atom. The molecule has 2 heterocycles. The first kappa shape index (κ1) is 19.1. The molecule has 2 aromatic carbocycles. The fraction of sp³-hybridized carbons (Fsp3) is 0.435. The van der Waals surface area contributed by atoms with Crippen molar-refractivity contribution in [3.8, 4) is 0 Å². The number of nitrogens with zero attached hydrogens (tertiary/aromatic N) is 1. The van der Waals surface area contributed by atoms with Crippen molar-refractivity contribution in [2.45, 2.75) is 44.5 Å². The minimum absolute atomic E-state index is 0.0573. The van der Waals surface area contributed by atoms with Gasteiger partial charge in [0.15, 0.2) is 5.60 Å². The molecule has 1 saturated heterocycles. The van der Waals surface area contributed by atoms with E-state index in [4.69, 9.17) is 4.74 Å². The van der Waals surface area contributed by atoms with Gasteiger partial charge in [-0.3, -0.25) is 9.69 Å². The summed E-state index contributed by atoms with van der Waals surface area (Å²) in [4.78, 5) is 15.6. The summed E-state index contributed by atoms with van der Waals surface area (Å²) < 4.78 is 6.48. The molecule has 0 unspecified atom stereocenters. The van der Waals surface area contributed by atoms with Crippen molar-refractivity contribution in [2.75, 3.05) is 11.5 Å². The number of para-hydroxylation sites is 2. The van der Waals surface area contributed by atoms with Crippen molar-refractivity contribution in [2.24, 2.45) is 11.8 Å². The second-order valence-corrected chi connectivity index (χ2v) is 8.37. The molecule has 2 aromatic rings. The first-order valence-electron chi connectivity index (χ1n) is 9.82. The maximum absolute atomic E-state index is 13.9. The molecule has 2 N–H and O–H groups in total. The average molecular weight is 381 g/mol. The molecule has 2 aliphatic rings. The molecule has 0 aliphatic carbocycles. The van der Waals surface area contributed by atoms with E-state index in [9.17, 15) is 15.0 Å². The monoisotopic (exact) mass is 381 g/mol. The Morgan fingerprint density at radius 1 is 1.11 bits per heavy atom. The SMILES string of the molecule is C[C@H]1[C@H](C(C)(C)O)[C@@H](CCO)O[C@]12C(=O)N(c1ccccc1)c1ccccc12. The fourth-order valence-electron chi connectivity index (χ4n) is 5.19. The zero-order chi connectivity index (χ0) is 20.1.